The van der Waals surface area contributed by atoms with E-state index in [-0.39, 0.29) is 0 Å². The van der Waals surface area contributed by atoms with Gasteiger partial charge in [0.25, 0.3) is 0 Å². The van der Waals surface area contributed by atoms with Gasteiger partial charge in [0.2, 0.25) is 0 Å². The molecule has 68 valence electrons. The molecule has 0 atom stereocenters. The Morgan fingerprint density at radius 1 is 1.17 bits per heavy atom. The van der Waals surface area contributed by atoms with Gasteiger partial charge in [-0.15, -0.1) is 0 Å². The first-order chi connectivity index (χ1) is 5.61. The topological polar surface area (TPSA) is 3.24 Å². The molecule has 12 heavy (non-hydrogen) atoms. The molecule has 0 N–H and O–H groups in total. The maximum Gasteiger partial charge on any atom is 0.0293 e. The highest BCUT2D eigenvalue weighted by atomic mass is 15.1. The average Bonchev–Trinajstić information content (AvgIpc) is 2.03. The smallest absolute Gasteiger partial charge is 0.0293 e. The van der Waals surface area contributed by atoms with E-state index in [9.17, 15) is 0 Å². The lowest BCUT2D eigenvalue weighted by molar-refractivity contribution is 0.396. The van der Waals surface area contributed by atoms with Gasteiger partial charge >= 0.3 is 0 Å². The average molecular weight is 165 g/mol. The summed E-state index contributed by atoms with van der Waals surface area (Å²) in [6, 6.07) is 0. The number of allylic oxidation sites excluding steroid dienone is 3. The number of hydrogen-bond donors (Lipinski definition) is 0. The maximum absolute atomic E-state index is 3.97. The molecule has 0 heterocycles. The molecule has 0 aromatic carbocycles. The van der Waals surface area contributed by atoms with Gasteiger partial charge < -0.3 is 4.90 Å². The van der Waals surface area contributed by atoms with E-state index in [1.165, 1.54) is 0 Å². The van der Waals surface area contributed by atoms with Crippen LogP contribution < -0.4 is 0 Å². The highest BCUT2D eigenvalue weighted by Gasteiger charge is 1.96. The molecule has 0 aliphatic rings. The molecule has 0 amide bonds. The Hall–Kier alpha value is -0.980. The van der Waals surface area contributed by atoms with Crippen LogP contribution in [0.25, 0.3) is 0 Å². The Morgan fingerprint density at radius 2 is 1.67 bits per heavy atom. The maximum atomic E-state index is 3.97. The first kappa shape index (κ1) is 11.0. The first-order valence-corrected chi connectivity index (χ1v) is 4.39. The van der Waals surface area contributed by atoms with Crippen molar-refractivity contribution in [2.75, 3.05) is 13.1 Å². The quantitative estimate of drug-likeness (QED) is 0.566. The molecule has 0 aliphatic carbocycles. The molecule has 0 radical (unpaired) electrons. The van der Waals surface area contributed by atoms with Crippen LogP contribution in [0.2, 0.25) is 0 Å². The van der Waals surface area contributed by atoms with Gasteiger partial charge in [0.1, 0.15) is 0 Å². The van der Waals surface area contributed by atoms with Crippen LogP contribution in [0.4, 0.5) is 0 Å². The largest absolute Gasteiger partial charge is 0.373 e. The summed E-state index contributed by atoms with van der Waals surface area (Å²) in [5.74, 6) is 0. The van der Waals surface area contributed by atoms with Gasteiger partial charge in [-0.05, 0) is 26.8 Å². The molecular weight excluding hydrogens is 146 g/mol. The van der Waals surface area contributed by atoms with Gasteiger partial charge in [-0.25, -0.2) is 0 Å². The summed E-state index contributed by atoms with van der Waals surface area (Å²) < 4.78 is 0. The highest BCUT2D eigenvalue weighted by molar-refractivity contribution is 5.22. The van der Waals surface area contributed by atoms with E-state index >= 15 is 0 Å². The second-order valence-corrected chi connectivity index (χ2v) is 2.84. The molecule has 0 bridgehead atoms. The minimum absolute atomic E-state index is 1.01. The van der Waals surface area contributed by atoms with Crippen molar-refractivity contribution in [2.24, 2.45) is 0 Å². The summed E-state index contributed by atoms with van der Waals surface area (Å²) >= 11 is 0. The lowest BCUT2D eigenvalue weighted by atomic mass is 10.3. The van der Waals surface area contributed by atoms with Crippen LogP contribution in [-0.4, -0.2) is 18.0 Å². The van der Waals surface area contributed by atoms with E-state index in [4.69, 9.17) is 0 Å². The van der Waals surface area contributed by atoms with Crippen molar-refractivity contribution in [1.29, 1.82) is 0 Å². The van der Waals surface area contributed by atoms with E-state index in [1.54, 1.807) is 0 Å². The number of hydrogen-bond acceptors (Lipinski definition) is 1. The van der Waals surface area contributed by atoms with Crippen LogP contribution in [0.3, 0.4) is 0 Å². The second-order valence-electron chi connectivity index (χ2n) is 2.84. The standard InChI is InChI=1S/C11H19N/c1-6-12(7-2)11(5)9-8-10(3)4/h8-9H,3,5-7H2,1-2,4H3. The molecule has 1 nitrogen and oxygen atoms in total. The number of likely N-dealkylation sites (N-methyl/N-ethyl adjacent to an activating group) is 1. The minimum atomic E-state index is 1.01. The summed E-state index contributed by atoms with van der Waals surface area (Å²) in [6.07, 6.45) is 4.00. The van der Waals surface area contributed by atoms with Gasteiger partial charge in [0.15, 0.2) is 0 Å². The molecule has 1 heteroatoms. The molecule has 0 saturated heterocycles. The Bertz CT molecular complexity index is 185. The van der Waals surface area contributed by atoms with Gasteiger partial charge in [-0.2, -0.15) is 0 Å². The van der Waals surface area contributed by atoms with Crippen molar-refractivity contribution in [3.8, 4) is 0 Å². The summed E-state index contributed by atoms with van der Waals surface area (Å²) in [4.78, 5) is 2.21. The van der Waals surface area contributed by atoms with Crippen molar-refractivity contribution in [3.05, 3.63) is 36.6 Å². The Labute approximate surface area is 76.1 Å². The highest BCUT2D eigenvalue weighted by Crippen LogP contribution is 2.03. The molecule has 0 rings (SSSR count). The molecule has 0 saturated carbocycles. The fraction of sp³-hybridized carbons (Fsp3) is 0.455. The normalized spacial score (nSPS) is 10.2. The Morgan fingerprint density at radius 3 is 2.00 bits per heavy atom. The fourth-order valence-electron chi connectivity index (χ4n) is 0.974. The van der Waals surface area contributed by atoms with Crippen LogP contribution in [0, 0.1) is 0 Å². The van der Waals surface area contributed by atoms with E-state index in [0.717, 1.165) is 24.4 Å². The molecule has 0 aromatic rings. The Kier molecular flexibility index (Phi) is 5.18. The summed E-state index contributed by atoms with van der Waals surface area (Å²) in [7, 11) is 0. The Balaban J connectivity index is 4.10. The summed E-state index contributed by atoms with van der Waals surface area (Å²) in [6.45, 7) is 16.0. The molecule has 0 aromatic heterocycles. The first-order valence-electron chi connectivity index (χ1n) is 4.39. The van der Waals surface area contributed by atoms with Gasteiger partial charge in [-0.3, -0.25) is 0 Å². The lowest BCUT2D eigenvalue weighted by Crippen LogP contribution is -2.20. The van der Waals surface area contributed by atoms with Crippen LogP contribution in [0.15, 0.2) is 36.6 Å². The molecular formula is C11H19N. The van der Waals surface area contributed by atoms with Crippen molar-refractivity contribution in [2.45, 2.75) is 20.8 Å². The van der Waals surface area contributed by atoms with E-state index < -0.39 is 0 Å². The zero-order valence-corrected chi connectivity index (χ0v) is 8.43. The zero-order valence-electron chi connectivity index (χ0n) is 8.43. The van der Waals surface area contributed by atoms with E-state index in [1.807, 2.05) is 19.1 Å². The van der Waals surface area contributed by atoms with Crippen molar-refractivity contribution in [3.63, 3.8) is 0 Å². The van der Waals surface area contributed by atoms with Gasteiger partial charge in [0.05, 0.1) is 0 Å². The van der Waals surface area contributed by atoms with Crippen molar-refractivity contribution in [1.82, 2.24) is 4.90 Å². The van der Waals surface area contributed by atoms with Crippen LogP contribution >= 0.6 is 0 Å². The van der Waals surface area contributed by atoms with E-state index in [2.05, 4.69) is 31.9 Å². The summed E-state index contributed by atoms with van der Waals surface area (Å²) in [5, 5.41) is 0. The SMILES string of the molecule is C=C(C)C=CC(=C)N(CC)CC. The third-order valence-corrected chi connectivity index (χ3v) is 1.73. The fourth-order valence-corrected chi connectivity index (χ4v) is 0.974. The minimum Gasteiger partial charge on any atom is -0.373 e. The molecule has 0 unspecified atom stereocenters. The second kappa shape index (κ2) is 5.64. The van der Waals surface area contributed by atoms with Crippen LogP contribution in [0.5, 0.6) is 0 Å². The molecule has 0 aliphatic heterocycles. The van der Waals surface area contributed by atoms with Crippen molar-refractivity contribution < 1.29 is 0 Å². The third-order valence-electron chi connectivity index (χ3n) is 1.73. The van der Waals surface area contributed by atoms with E-state index in [0.29, 0.717) is 0 Å². The monoisotopic (exact) mass is 165 g/mol. The third kappa shape index (κ3) is 4.02. The number of rotatable bonds is 5. The molecule has 0 spiro atoms. The zero-order chi connectivity index (χ0) is 9.56. The van der Waals surface area contributed by atoms with Crippen LogP contribution in [0.1, 0.15) is 20.8 Å². The van der Waals surface area contributed by atoms with Crippen molar-refractivity contribution >= 4 is 0 Å². The predicted molar refractivity (Wildman–Crippen MR) is 56.0 cm³/mol. The summed E-state index contributed by atoms with van der Waals surface area (Å²) in [5.41, 5.74) is 2.12. The molecule has 0 fully saturated rings. The van der Waals surface area contributed by atoms with Gasteiger partial charge in [-0.1, -0.05) is 24.8 Å². The number of nitrogens with zero attached hydrogens (tertiary/aromatic N) is 1. The predicted octanol–water partition coefficient (Wildman–Crippen LogP) is 2.97. The lowest BCUT2D eigenvalue weighted by Gasteiger charge is -2.20. The van der Waals surface area contributed by atoms with Crippen LogP contribution in [-0.2, 0) is 0 Å². The van der Waals surface area contributed by atoms with Gasteiger partial charge in [0, 0.05) is 18.8 Å².